The van der Waals surface area contributed by atoms with Crippen LogP contribution in [0, 0.1) is 0 Å². The second-order valence-electron chi connectivity index (χ2n) is 1.07. The van der Waals surface area contributed by atoms with Crippen LogP contribution in [0.25, 0.3) is 0 Å². The Labute approximate surface area is 52.6 Å². The topological polar surface area (TPSA) is 35.5 Å². The predicted molar refractivity (Wildman–Crippen MR) is 30.7 cm³/mol. The SMILES string of the molecule is C=CC(=O)OCOC.F. The Morgan fingerprint density at radius 3 is 2.67 bits per heavy atom. The summed E-state index contributed by atoms with van der Waals surface area (Å²) < 4.78 is 8.78. The summed E-state index contributed by atoms with van der Waals surface area (Å²) in [4.78, 5) is 10.2. The van der Waals surface area contributed by atoms with Gasteiger partial charge in [-0.15, -0.1) is 0 Å². The molecule has 0 aliphatic carbocycles. The lowest BCUT2D eigenvalue weighted by Gasteiger charge is -1.95. The third-order valence-electron chi connectivity index (χ3n) is 0.486. The van der Waals surface area contributed by atoms with Gasteiger partial charge in [-0.25, -0.2) is 4.79 Å². The number of ether oxygens (including phenoxy) is 2. The molecule has 0 heterocycles. The number of hydrogen-bond donors (Lipinski definition) is 0. The Morgan fingerprint density at radius 1 is 1.78 bits per heavy atom. The summed E-state index contributed by atoms with van der Waals surface area (Å²) in [5.41, 5.74) is 0. The molecule has 0 aromatic carbocycles. The smallest absolute Gasteiger partial charge is 0.332 e. The van der Waals surface area contributed by atoms with Crippen LogP contribution in [-0.2, 0) is 14.3 Å². The molecule has 0 saturated carbocycles. The van der Waals surface area contributed by atoms with E-state index in [0.29, 0.717) is 0 Å². The van der Waals surface area contributed by atoms with Gasteiger partial charge in [0.2, 0.25) is 0 Å². The van der Waals surface area contributed by atoms with Crippen LogP contribution >= 0.6 is 0 Å². The molecule has 0 amide bonds. The van der Waals surface area contributed by atoms with E-state index in [1.54, 1.807) is 0 Å². The Morgan fingerprint density at radius 2 is 2.33 bits per heavy atom. The molecular weight excluding hydrogens is 127 g/mol. The van der Waals surface area contributed by atoms with Crippen LogP contribution in [0.2, 0.25) is 0 Å². The number of methoxy groups -OCH3 is 1. The third-order valence-corrected chi connectivity index (χ3v) is 0.486. The van der Waals surface area contributed by atoms with Crippen molar-refractivity contribution in [3.8, 4) is 0 Å². The highest BCUT2D eigenvalue weighted by atomic mass is 19.0. The minimum atomic E-state index is -0.466. The van der Waals surface area contributed by atoms with Gasteiger partial charge in [-0.05, 0) is 0 Å². The van der Waals surface area contributed by atoms with Crippen LogP contribution in [0.1, 0.15) is 0 Å². The van der Waals surface area contributed by atoms with Crippen molar-refractivity contribution in [2.24, 2.45) is 0 Å². The van der Waals surface area contributed by atoms with Gasteiger partial charge in [0.25, 0.3) is 0 Å². The van der Waals surface area contributed by atoms with Crippen LogP contribution in [-0.4, -0.2) is 19.9 Å². The van der Waals surface area contributed by atoms with E-state index in [1.165, 1.54) is 7.11 Å². The number of halogens is 1. The Balaban J connectivity index is 0. The fraction of sp³-hybridized carbons (Fsp3) is 0.400. The first-order valence-corrected chi connectivity index (χ1v) is 2.09. The standard InChI is InChI=1S/C5H8O3.FH/c1-3-5(6)8-4-7-2;/h3H,1,4H2,2H3;1H. The van der Waals surface area contributed by atoms with Crippen molar-refractivity contribution in [3.05, 3.63) is 12.7 Å². The molecule has 0 rings (SSSR count). The highest BCUT2D eigenvalue weighted by Gasteiger charge is 1.89. The average molecular weight is 136 g/mol. The minimum Gasteiger partial charge on any atom is -0.435 e. The maximum Gasteiger partial charge on any atom is 0.332 e. The van der Waals surface area contributed by atoms with Gasteiger partial charge in [0.1, 0.15) is 0 Å². The Kier molecular flexibility index (Phi) is 8.66. The number of rotatable bonds is 3. The summed E-state index contributed by atoms with van der Waals surface area (Å²) in [6.07, 6.45) is 1.08. The molecule has 0 bridgehead atoms. The summed E-state index contributed by atoms with van der Waals surface area (Å²) in [6.45, 7) is 3.17. The van der Waals surface area contributed by atoms with Crippen molar-refractivity contribution in [1.82, 2.24) is 0 Å². The number of carbonyl (C=O) groups is 1. The zero-order valence-corrected chi connectivity index (χ0v) is 5.12. The van der Waals surface area contributed by atoms with Crippen LogP contribution in [0.3, 0.4) is 0 Å². The summed E-state index contributed by atoms with van der Waals surface area (Å²) in [5, 5.41) is 0. The maximum absolute atomic E-state index is 10.2. The second kappa shape index (κ2) is 7.10. The van der Waals surface area contributed by atoms with E-state index in [2.05, 4.69) is 16.1 Å². The first-order chi connectivity index (χ1) is 3.81. The molecule has 3 nitrogen and oxygen atoms in total. The summed E-state index contributed by atoms with van der Waals surface area (Å²) in [7, 11) is 1.44. The van der Waals surface area contributed by atoms with Crippen molar-refractivity contribution in [2.45, 2.75) is 0 Å². The molecular formula is C5H9FO3. The van der Waals surface area contributed by atoms with E-state index >= 15 is 0 Å². The van der Waals surface area contributed by atoms with Gasteiger partial charge in [0.05, 0.1) is 0 Å². The van der Waals surface area contributed by atoms with Crippen LogP contribution < -0.4 is 0 Å². The van der Waals surface area contributed by atoms with Crippen molar-refractivity contribution in [2.75, 3.05) is 13.9 Å². The van der Waals surface area contributed by atoms with Crippen molar-refractivity contribution < 1.29 is 19.0 Å². The molecule has 54 valence electrons. The number of carbonyl (C=O) groups excluding carboxylic acids is 1. The van der Waals surface area contributed by atoms with E-state index in [9.17, 15) is 4.79 Å². The van der Waals surface area contributed by atoms with Crippen molar-refractivity contribution in [3.63, 3.8) is 0 Å². The molecule has 0 saturated heterocycles. The van der Waals surface area contributed by atoms with Gasteiger partial charge in [0.15, 0.2) is 6.79 Å². The molecule has 0 fully saturated rings. The summed E-state index contributed by atoms with van der Waals surface area (Å²) in [6, 6.07) is 0. The van der Waals surface area contributed by atoms with Crippen LogP contribution in [0.5, 0.6) is 0 Å². The second-order valence-corrected chi connectivity index (χ2v) is 1.07. The molecule has 0 spiro atoms. The van der Waals surface area contributed by atoms with Gasteiger partial charge in [0, 0.05) is 13.2 Å². The Hall–Kier alpha value is -0.900. The molecule has 4 heteroatoms. The van der Waals surface area contributed by atoms with Crippen molar-refractivity contribution in [1.29, 1.82) is 0 Å². The van der Waals surface area contributed by atoms with Gasteiger partial charge in [-0.3, -0.25) is 4.70 Å². The third kappa shape index (κ3) is 7.10. The highest BCUT2D eigenvalue weighted by molar-refractivity contribution is 5.81. The van der Waals surface area contributed by atoms with Gasteiger partial charge in [-0.1, -0.05) is 6.58 Å². The number of esters is 1. The van der Waals surface area contributed by atoms with Crippen LogP contribution in [0.4, 0.5) is 4.70 Å². The average Bonchev–Trinajstić information content (AvgIpc) is 1.83. The normalized spacial score (nSPS) is 7.22. The lowest BCUT2D eigenvalue weighted by atomic mass is 10.7. The molecule has 0 aliphatic heterocycles. The molecule has 0 radical (unpaired) electrons. The molecule has 0 aromatic rings. The zero-order chi connectivity index (χ0) is 6.41. The molecule has 0 atom stereocenters. The molecule has 0 aromatic heterocycles. The quantitative estimate of drug-likeness (QED) is 0.321. The van der Waals surface area contributed by atoms with E-state index in [-0.39, 0.29) is 11.5 Å². The molecule has 0 aliphatic rings. The van der Waals surface area contributed by atoms with E-state index < -0.39 is 5.97 Å². The van der Waals surface area contributed by atoms with E-state index in [0.717, 1.165) is 6.08 Å². The Bertz CT molecular complexity index is 92.2. The zero-order valence-electron chi connectivity index (χ0n) is 5.12. The van der Waals surface area contributed by atoms with Crippen molar-refractivity contribution >= 4 is 5.97 Å². The summed E-state index contributed by atoms with van der Waals surface area (Å²) >= 11 is 0. The van der Waals surface area contributed by atoms with Gasteiger partial charge < -0.3 is 9.47 Å². The van der Waals surface area contributed by atoms with Gasteiger partial charge in [-0.2, -0.15) is 0 Å². The molecule has 0 N–H and O–H groups in total. The van der Waals surface area contributed by atoms with E-state index in [1.807, 2.05) is 0 Å². The predicted octanol–water partition coefficient (Wildman–Crippen LogP) is 0.472. The summed E-state index contributed by atoms with van der Waals surface area (Å²) in [5.74, 6) is -0.466. The fourth-order valence-corrected chi connectivity index (χ4v) is 0.176. The number of hydrogen-bond acceptors (Lipinski definition) is 3. The minimum absolute atomic E-state index is 0. The fourth-order valence-electron chi connectivity index (χ4n) is 0.176. The van der Waals surface area contributed by atoms with E-state index in [4.69, 9.17) is 0 Å². The monoisotopic (exact) mass is 136 g/mol. The van der Waals surface area contributed by atoms with Crippen LogP contribution in [0.15, 0.2) is 12.7 Å². The lowest BCUT2D eigenvalue weighted by molar-refractivity contribution is -0.147. The molecule has 9 heavy (non-hydrogen) atoms. The lowest BCUT2D eigenvalue weighted by Crippen LogP contribution is -2.02. The highest BCUT2D eigenvalue weighted by Crippen LogP contribution is 1.76. The first kappa shape index (κ1) is 11.0. The largest absolute Gasteiger partial charge is 0.435 e. The first-order valence-electron chi connectivity index (χ1n) is 2.09. The molecule has 0 unspecified atom stereocenters. The van der Waals surface area contributed by atoms with Gasteiger partial charge >= 0.3 is 5.97 Å². The maximum atomic E-state index is 10.2.